The lowest BCUT2D eigenvalue weighted by Gasteiger charge is -2.20. The summed E-state index contributed by atoms with van der Waals surface area (Å²) in [6.45, 7) is 3.60. The number of aromatic nitrogens is 2. The van der Waals surface area contributed by atoms with E-state index in [2.05, 4.69) is 40.4 Å². The minimum atomic E-state index is -0.109. The molecule has 4 heteroatoms. The van der Waals surface area contributed by atoms with Crippen LogP contribution in [0, 0.1) is 6.92 Å². The van der Waals surface area contributed by atoms with Gasteiger partial charge >= 0.3 is 0 Å². The number of hydrogen-bond donors (Lipinski definition) is 1. The van der Waals surface area contributed by atoms with Gasteiger partial charge in [0.2, 0.25) is 0 Å². The van der Waals surface area contributed by atoms with Gasteiger partial charge in [-0.3, -0.25) is 9.78 Å². The number of pyridine rings is 2. The SMILES string of the molecule is CC(=O)c1ccc(N[C@@H](c2cccc(C)c2)c2ccccn2)nc1. The molecule has 1 aromatic carbocycles. The highest BCUT2D eigenvalue weighted by Crippen LogP contribution is 2.25. The second-order valence-electron chi connectivity index (χ2n) is 5.73. The standard InChI is InChI=1S/C20H19N3O/c1-14-6-5-7-16(12-14)20(18-8-3-4-11-21-18)23-19-10-9-17(13-22-19)15(2)24/h3-13,20H,1-2H3,(H,22,23)/t20-/m0/s1. The maximum atomic E-state index is 11.4. The predicted octanol–water partition coefficient (Wildman–Crippen LogP) is 4.19. The summed E-state index contributed by atoms with van der Waals surface area (Å²) in [6, 6.07) is 17.7. The summed E-state index contributed by atoms with van der Waals surface area (Å²) in [4.78, 5) is 20.2. The van der Waals surface area contributed by atoms with E-state index >= 15 is 0 Å². The normalized spacial score (nSPS) is 11.8. The average Bonchev–Trinajstić information content (AvgIpc) is 2.61. The van der Waals surface area contributed by atoms with Crippen LogP contribution in [-0.4, -0.2) is 15.8 Å². The van der Waals surface area contributed by atoms with Gasteiger partial charge in [-0.1, -0.05) is 35.9 Å². The summed E-state index contributed by atoms with van der Waals surface area (Å²) in [6.07, 6.45) is 3.38. The molecule has 0 spiro atoms. The fourth-order valence-corrected chi connectivity index (χ4v) is 2.56. The van der Waals surface area contributed by atoms with Gasteiger partial charge in [-0.05, 0) is 43.7 Å². The molecular weight excluding hydrogens is 298 g/mol. The Morgan fingerprint density at radius 3 is 2.54 bits per heavy atom. The molecule has 2 aromatic heterocycles. The van der Waals surface area contributed by atoms with Crippen molar-refractivity contribution in [3.05, 3.63) is 89.4 Å². The van der Waals surface area contributed by atoms with E-state index in [0.29, 0.717) is 11.4 Å². The Morgan fingerprint density at radius 1 is 1.04 bits per heavy atom. The van der Waals surface area contributed by atoms with Crippen LogP contribution < -0.4 is 5.32 Å². The number of carbonyl (C=O) groups is 1. The van der Waals surface area contributed by atoms with Gasteiger partial charge in [0.05, 0.1) is 11.7 Å². The molecule has 1 atom stereocenters. The number of hydrogen-bond acceptors (Lipinski definition) is 4. The van der Waals surface area contributed by atoms with Crippen LogP contribution in [0.4, 0.5) is 5.82 Å². The summed E-state index contributed by atoms with van der Waals surface area (Å²) < 4.78 is 0. The number of anilines is 1. The van der Waals surface area contributed by atoms with Crippen LogP contribution in [0.3, 0.4) is 0 Å². The Labute approximate surface area is 141 Å². The van der Waals surface area contributed by atoms with Crippen molar-refractivity contribution in [3.63, 3.8) is 0 Å². The third-order valence-corrected chi connectivity index (χ3v) is 3.82. The Morgan fingerprint density at radius 2 is 1.92 bits per heavy atom. The molecule has 0 amide bonds. The van der Waals surface area contributed by atoms with Gasteiger partial charge in [0, 0.05) is 18.0 Å². The first-order chi connectivity index (χ1) is 11.6. The van der Waals surface area contributed by atoms with Crippen molar-refractivity contribution < 1.29 is 4.79 Å². The molecule has 0 unspecified atom stereocenters. The Bertz CT molecular complexity index is 829. The second-order valence-corrected chi connectivity index (χ2v) is 5.73. The Balaban J connectivity index is 1.94. The summed E-state index contributed by atoms with van der Waals surface area (Å²) >= 11 is 0. The minimum Gasteiger partial charge on any atom is -0.358 e. The topological polar surface area (TPSA) is 54.9 Å². The lowest BCUT2D eigenvalue weighted by atomic mass is 10.0. The van der Waals surface area contributed by atoms with E-state index in [-0.39, 0.29) is 11.8 Å². The molecule has 0 radical (unpaired) electrons. The number of nitrogens with one attached hydrogen (secondary N) is 1. The van der Waals surface area contributed by atoms with E-state index in [1.54, 1.807) is 18.5 Å². The summed E-state index contributed by atoms with van der Waals surface area (Å²) in [5.74, 6) is 0.714. The van der Waals surface area contributed by atoms with Crippen LogP contribution in [-0.2, 0) is 0 Å². The van der Waals surface area contributed by atoms with Gasteiger partial charge < -0.3 is 5.32 Å². The van der Waals surface area contributed by atoms with Crippen molar-refractivity contribution >= 4 is 11.6 Å². The van der Waals surface area contributed by atoms with Crippen molar-refractivity contribution in [1.82, 2.24) is 9.97 Å². The van der Waals surface area contributed by atoms with Crippen LogP contribution in [0.1, 0.15) is 40.1 Å². The van der Waals surface area contributed by atoms with E-state index in [0.717, 1.165) is 11.3 Å². The van der Waals surface area contributed by atoms with E-state index in [1.807, 2.05) is 30.3 Å². The minimum absolute atomic E-state index is 0.00834. The zero-order valence-corrected chi connectivity index (χ0v) is 13.7. The van der Waals surface area contributed by atoms with Crippen molar-refractivity contribution in [3.8, 4) is 0 Å². The molecular formula is C20H19N3O. The number of Topliss-reactive ketones (excluding diaryl/α,β-unsaturated/α-hetero) is 1. The highest BCUT2D eigenvalue weighted by atomic mass is 16.1. The maximum Gasteiger partial charge on any atom is 0.161 e. The highest BCUT2D eigenvalue weighted by molar-refractivity contribution is 5.93. The molecule has 1 N–H and O–H groups in total. The predicted molar refractivity (Wildman–Crippen MR) is 95.1 cm³/mol. The summed E-state index contributed by atoms with van der Waals surface area (Å²) in [7, 11) is 0. The lowest BCUT2D eigenvalue weighted by Crippen LogP contribution is -2.15. The molecule has 0 saturated heterocycles. The van der Waals surface area contributed by atoms with Crippen LogP contribution in [0.2, 0.25) is 0 Å². The third kappa shape index (κ3) is 3.66. The second kappa shape index (κ2) is 7.04. The molecule has 0 bridgehead atoms. The van der Waals surface area contributed by atoms with Crippen molar-refractivity contribution in [2.75, 3.05) is 5.32 Å². The number of ketones is 1. The molecule has 0 aliphatic heterocycles. The third-order valence-electron chi connectivity index (χ3n) is 3.82. The van der Waals surface area contributed by atoms with Crippen LogP contribution in [0.25, 0.3) is 0 Å². The molecule has 120 valence electrons. The van der Waals surface area contributed by atoms with Crippen LogP contribution in [0.5, 0.6) is 0 Å². The van der Waals surface area contributed by atoms with Crippen molar-refractivity contribution in [2.45, 2.75) is 19.9 Å². The largest absolute Gasteiger partial charge is 0.358 e. The zero-order chi connectivity index (χ0) is 16.9. The van der Waals surface area contributed by atoms with Gasteiger partial charge in [0.1, 0.15) is 5.82 Å². The molecule has 3 rings (SSSR count). The Kier molecular flexibility index (Phi) is 4.66. The van der Waals surface area contributed by atoms with Gasteiger partial charge in [0.15, 0.2) is 5.78 Å². The van der Waals surface area contributed by atoms with Crippen molar-refractivity contribution in [2.24, 2.45) is 0 Å². The van der Waals surface area contributed by atoms with E-state index in [1.165, 1.54) is 12.5 Å². The molecule has 0 aliphatic rings. The van der Waals surface area contributed by atoms with E-state index in [4.69, 9.17) is 0 Å². The number of aryl methyl sites for hydroxylation is 1. The lowest BCUT2D eigenvalue weighted by molar-refractivity contribution is 0.101. The van der Waals surface area contributed by atoms with Gasteiger partial charge in [0.25, 0.3) is 0 Å². The van der Waals surface area contributed by atoms with Crippen LogP contribution in [0.15, 0.2) is 67.0 Å². The van der Waals surface area contributed by atoms with Crippen LogP contribution >= 0.6 is 0 Å². The first-order valence-electron chi connectivity index (χ1n) is 7.84. The fraction of sp³-hybridized carbons (Fsp3) is 0.150. The maximum absolute atomic E-state index is 11.4. The monoisotopic (exact) mass is 317 g/mol. The van der Waals surface area contributed by atoms with Gasteiger partial charge in [-0.2, -0.15) is 0 Å². The molecule has 0 aliphatic carbocycles. The summed E-state index contributed by atoms with van der Waals surface area (Å²) in [5.41, 5.74) is 3.83. The van der Waals surface area contributed by atoms with Crippen molar-refractivity contribution in [1.29, 1.82) is 0 Å². The first-order valence-corrected chi connectivity index (χ1v) is 7.84. The first kappa shape index (κ1) is 15.9. The highest BCUT2D eigenvalue weighted by Gasteiger charge is 2.16. The van der Waals surface area contributed by atoms with Gasteiger partial charge in [-0.15, -0.1) is 0 Å². The quantitative estimate of drug-likeness (QED) is 0.717. The smallest absolute Gasteiger partial charge is 0.161 e. The average molecular weight is 317 g/mol. The van der Waals surface area contributed by atoms with E-state index < -0.39 is 0 Å². The number of rotatable bonds is 5. The van der Waals surface area contributed by atoms with E-state index in [9.17, 15) is 4.79 Å². The number of nitrogens with zero attached hydrogens (tertiary/aromatic N) is 2. The Hall–Kier alpha value is -3.01. The molecule has 2 heterocycles. The number of benzene rings is 1. The molecule has 24 heavy (non-hydrogen) atoms. The molecule has 0 saturated carbocycles. The molecule has 4 nitrogen and oxygen atoms in total. The molecule has 3 aromatic rings. The number of carbonyl (C=O) groups excluding carboxylic acids is 1. The summed E-state index contributed by atoms with van der Waals surface area (Å²) in [5, 5.41) is 3.42. The zero-order valence-electron chi connectivity index (χ0n) is 13.7. The molecule has 0 fully saturated rings. The fourth-order valence-electron chi connectivity index (χ4n) is 2.56. The van der Waals surface area contributed by atoms with Gasteiger partial charge in [-0.25, -0.2) is 4.98 Å².